The van der Waals surface area contributed by atoms with Gasteiger partial charge in [-0.1, -0.05) is 17.8 Å². The fraction of sp³-hybridized carbons (Fsp3) is 0.111. The molecule has 0 saturated heterocycles. The number of aryl methyl sites for hydroxylation is 2. The number of carbonyl (C=O) groups is 1. The summed E-state index contributed by atoms with van der Waals surface area (Å²) >= 11 is 3.09. The number of hydrogen-bond donors (Lipinski definition) is 1. The highest BCUT2D eigenvalue weighted by Gasteiger charge is 2.17. The van der Waals surface area contributed by atoms with Gasteiger partial charge in [0.15, 0.2) is 4.34 Å². The Balaban J connectivity index is 1.78. The Labute approximate surface area is 152 Å². The first-order valence-electron chi connectivity index (χ1n) is 7.40. The number of thiazole rings is 1. The van der Waals surface area contributed by atoms with Crippen LogP contribution in [0.2, 0.25) is 0 Å². The molecule has 0 fully saturated rings. The van der Waals surface area contributed by atoms with Crippen LogP contribution in [0.15, 0.2) is 51.0 Å². The van der Waals surface area contributed by atoms with Crippen molar-refractivity contribution >= 4 is 34.7 Å². The fourth-order valence-corrected chi connectivity index (χ4v) is 4.13. The van der Waals surface area contributed by atoms with E-state index in [0.717, 1.165) is 32.6 Å². The summed E-state index contributed by atoms with van der Waals surface area (Å²) in [6, 6.07) is 8.78. The average Bonchev–Trinajstić information content (AvgIpc) is 2.95. The van der Waals surface area contributed by atoms with Crippen LogP contribution in [0.4, 0.5) is 14.5 Å². The Bertz CT molecular complexity index is 920. The average molecular weight is 376 g/mol. The van der Waals surface area contributed by atoms with E-state index in [1.165, 1.54) is 17.8 Å². The van der Waals surface area contributed by atoms with E-state index in [9.17, 15) is 13.6 Å². The number of benzene rings is 2. The molecule has 1 N–H and O–H groups in total. The molecule has 128 valence electrons. The van der Waals surface area contributed by atoms with Crippen LogP contribution in [0.3, 0.4) is 0 Å². The van der Waals surface area contributed by atoms with Crippen molar-refractivity contribution in [1.29, 1.82) is 0 Å². The molecule has 7 heteroatoms. The molecule has 0 aliphatic heterocycles. The van der Waals surface area contributed by atoms with Gasteiger partial charge in [0.1, 0.15) is 17.2 Å². The zero-order valence-corrected chi connectivity index (χ0v) is 15.1. The second-order valence-corrected chi connectivity index (χ2v) is 7.56. The number of halogens is 2. The quantitative estimate of drug-likeness (QED) is 0.659. The summed E-state index contributed by atoms with van der Waals surface area (Å²) in [5, 5.41) is 4.54. The molecule has 3 nitrogen and oxygen atoms in total. The van der Waals surface area contributed by atoms with Gasteiger partial charge in [0.05, 0.1) is 0 Å². The first kappa shape index (κ1) is 17.6. The molecule has 0 bridgehead atoms. The van der Waals surface area contributed by atoms with E-state index in [0.29, 0.717) is 5.69 Å². The van der Waals surface area contributed by atoms with Crippen molar-refractivity contribution in [3.63, 3.8) is 0 Å². The maximum absolute atomic E-state index is 13.7. The summed E-state index contributed by atoms with van der Waals surface area (Å²) < 4.78 is 28.3. The van der Waals surface area contributed by atoms with E-state index in [1.54, 1.807) is 17.4 Å². The number of aromatic nitrogens is 1. The lowest BCUT2D eigenvalue weighted by Crippen LogP contribution is -2.16. The highest BCUT2D eigenvalue weighted by atomic mass is 32.2. The Morgan fingerprint density at radius 2 is 1.88 bits per heavy atom. The molecule has 0 radical (unpaired) electrons. The van der Waals surface area contributed by atoms with E-state index in [1.807, 2.05) is 31.4 Å². The molecule has 0 aliphatic rings. The molecule has 0 unspecified atom stereocenters. The Morgan fingerprint density at radius 1 is 1.16 bits per heavy atom. The zero-order chi connectivity index (χ0) is 18.0. The van der Waals surface area contributed by atoms with Crippen molar-refractivity contribution in [1.82, 2.24) is 4.98 Å². The topological polar surface area (TPSA) is 42.0 Å². The number of nitrogens with zero attached hydrogens (tertiary/aromatic N) is 1. The molecule has 25 heavy (non-hydrogen) atoms. The van der Waals surface area contributed by atoms with Crippen LogP contribution in [0.1, 0.15) is 21.6 Å². The molecule has 0 atom stereocenters. The highest BCUT2D eigenvalue weighted by Crippen LogP contribution is 2.32. The lowest BCUT2D eigenvalue weighted by Gasteiger charge is -2.10. The van der Waals surface area contributed by atoms with Crippen molar-refractivity contribution in [2.45, 2.75) is 23.1 Å². The van der Waals surface area contributed by atoms with E-state index < -0.39 is 23.1 Å². The van der Waals surface area contributed by atoms with Crippen LogP contribution in [0.5, 0.6) is 0 Å². The van der Waals surface area contributed by atoms with Gasteiger partial charge in [-0.2, -0.15) is 0 Å². The van der Waals surface area contributed by atoms with Crippen LogP contribution in [0.25, 0.3) is 0 Å². The standard InChI is InChI=1S/C18H14F2N2OS2/c1-10-8-12(25-18-21-11(2)9-24-18)6-7-15(10)22-17(23)16-13(19)4-3-5-14(16)20/h3-9H,1-2H3,(H,22,23). The number of nitrogens with one attached hydrogen (secondary N) is 1. The Kier molecular flexibility index (Phi) is 5.15. The first-order chi connectivity index (χ1) is 11.9. The van der Waals surface area contributed by atoms with Gasteiger partial charge in [-0.3, -0.25) is 4.79 Å². The van der Waals surface area contributed by atoms with Crippen molar-refractivity contribution in [2.24, 2.45) is 0 Å². The summed E-state index contributed by atoms with van der Waals surface area (Å²) in [5.74, 6) is -2.59. The normalized spacial score (nSPS) is 10.7. The minimum Gasteiger partial charge on any atom is -0.322 e. The van der Waals surface area contributed by atoms with Gasteiger partial charge in [0.2, 0.25) is 0 Å². The third kappa shape index (κ3) is 4.05. The number of rotatable bonds is 4. The molecule has 3 rings (SSSR count). The van der Waals surface area contributed by atoms with Crippen LogP contribution in [-0.4, -0.2) is 10.9 Å². The van der Waals surface area contributed by atoms with Crippen LogP contribution < -0.4 is 5.32 Å². The fourth-order valence-electron chi connectivity index (χ4n) is 2.22. The minimum absolute atomic E-state index is 0.507. The molecular weight excluding hydrogens is 362 g/mol. The van der Waals surface area contributed by atoms with Gasteiger partial charge >= 0.3 is 0 Å². The first-order valence-corrected chi connectivity index (χ1v) is 9.09. The summed E-state index contributed by atoms with van der Waals surface area (Å²) in [6.07, 6.45) is 0. The smallest absolute Gasteiger partial charge is 0.261 e. The lowest BCUT2D eigenvalue weighted by molar-refractivity contribution is 0.101. The highest BCUT2D eigenvalue weighted by molar-refractivity contribution is 8.01. The van der Waals surface area contributed by atoms with Crippen LogP contribution in [-0.2, 0) is 0 Å². The van der Waals surface area contributed by atoms with Crippen molar-refractivity contribution in [2.75, 3.05) is 5.32 Å². The molecule has 0 saturated carbocycles. The molecule has 0 spiro atoms. The second kappa shape index (κ2) is 7.33. The lowest BCUT2D eigenvalue weighted by atomic mass is 10.1. The van der Waals surface area contributed by atoms with Crippen LogP contribution in [0, 0.1) is 25.5 Å². The maximum Gasteiger partial charge on any atom is 0.261 e. The number of anilines is 1. The van der Waals surface area contributed by atoms with Crippen molar-refractivity contribution in [3.05, 3.63) is 70.2 Å². The van der Waals surface area contributed by atoms with Gasteiger partial charge in [0, 0.05) is 21.7 Å². The number of carbonyl (C=O) groups excluding carboxylic acids is 1. The largest absolute Gasteiger partial charge is 0.322 e. The molecule has 3 aromatic rings. The summed E-state index contributed by atoms with van der Waals surface area (Å²) in [4.78, 5) is 17.5. The SMILES string of the molecule is Cc1csc(Sc2ccc(NC(=O)c3c(F)cccc3F)c(C)c2)n1. The van der Waals surface area contributed by atoms with E-state index >= 15 is 0 Å². The third-order valence-electron chi connectivity index (χ3n) is 3.44. The monoisotopic (exact) mass is 376 g/mol. The summed E-state index contributed by atoms with van der Waals surface area (Å²) in [6.45, 7) is 3.76. The molecule has 2 aromatic carbocycles. The van der Waals surface area contributed by atoms with Gasteiger partial charge < -0.3 is 5.32 Å². The number of amides is 1. The van der Waals surface area contributed by atoms with E-state index in [-0.39, 0.29) is 0 Å². The van der Waals surface area contributed by atoms with Gasteiger partial charge in [0.25, 0.3) is 5.91 Å². The third-order valence-corrected chi connectivity index (χ3v) is 5.49. The minimum atomic E-state index is -0.888. The molecule has 0 aliphatic carbocycles. The zero-order valence-electron chi connectivity index (χ0n) is 13.5. The van der Waals surface area contributed by atoms with E-state index in [4.69, 9.17) is 0 Å². The predicted molar refractivity (Wildman–Crippen MR) is 96.5 cm³/mol. The number of hydrogen-bond acceptors (Lipinski definition) is 4. The van der Waals surface area contributed by atoms with Crippen molar-refractivity contribution in [3.8, 4) is 0 Å². The van der Waals surface area contributed by atoms with Gasteiger partial charge in [-0.25, -0.2) is 13.8 Å². The van der Waals surface area contributed by atoms with Crippen LogP contribution >= 0.6 is 23.1 Å². The van der Waals surface area contributed by atoms with Gasteiger partial charge in [-0.05, 0) is 49.7 Å². The Morgan fingerprint density at radius 3 is 2.48 bits per heavy atom. The van der Waals surface area contributed by atoms with Crippen molar-refractivity contribution < 1.29 is 13.6 Å². The van der Waals surface area contributed by atoms with Gasteiger partial charge in [-0.15, -0.1) is 11.3 Å². The second-order valence-electron chi connectivity index (χ2n) is 5.38. The molecule has 1 heterocycles. The predicted octanol–water partition coefficient (Wildman–Crippen LogP) is 5.44. The Hall–Kier alpha value is -2.25. The van der Waals surface area contributed by atoms with E-state index in [2.05, 4.69) is 10.3 Å². The molecule has 1 amide bonds. The summed E-state index contributed by atoms with van der Waals surface area (Å²) in [7, 11) is 0. The molecule has 1 aromatic heterocycles. The maximum atomic E-state index is 13.7. The molecular formula is C18H14F2N2OS2. The summed E-state index contributed by atoms with van der Waals surface area (Å²) in [5.41, 5.74) is 1.69.